The fraction of sp³-hybridized carbons (Fsp3) is 0.379. The van der Waals surface area contributed by atoms with Crippen molar-refractivity contribution < 1.29 is 19.1 Å². The van der Waals surface area contributed by atoms with Crippen LogP contribution in [0.4, 0.5) is 0 Å². The van der Waals surface area contributed by atoms with Crippen LogP contribution < -0.4 is 0 Å². The van der Waals surface area contributed by atoms with Gasteiger partial charge in [-0.3, -0.25) is 9.59 Å². The van der Waals surface area contributed by atoms with Crippen molar-refractivity contribution in [3.8, 4) is 0 Å². The molecule has 4 nitrogen and oxygen atoms in total. The van der Waals surface area contributed by atoms with Crippen LogP contribution in [0.15, 0.2) is 76.3 Å². The summed E-state index contributed by atoms with van der Waals surface area (Å²) in [6, 6.07) is 8.55. The van der Waals surface area contributed by atoms with Gasteiger partial charge in [-0.1, -0.05) is 60.2 Å². The number of benzene rings is 2. The summed E-state index contributed by atoms with van der Waals surface area (Å²) in [5, 5.41) is 0.0101. The van der Waals surface area contributed by atoms with E-state index < -0.39 is 0 Å². The van der Waals surface area contributed by atoms with E-state index >= 15 is 0 Å². The van der Waals surface area contributed by atoms with Crippen LogP contribution in [0.1, 0.15) is 38.8 Å². The van der Waals surface area contributed by atoms with Gasteiger partial charge in [-0.05, 0) is 144 Å². The average Bonchev–Trinajstić information content (AvgIpc) is 2.88. The molecule has 2 atom stereocenters. The van der Waals surface area contributed by atoms with Gasteiger partial charge < -0.3 is 9.47 Å². The molecule has 0 spiro atoms. The maximum atomic E-state index is 11.7. The largest absolute Gasteiger partial charge is 0.367 e. The van der Waals surface area contributed by atoms with E-state index in [-0.39, 0.29) is 21.1 Å². The van der Waals surface area contributed by atoms with E-state index in [9.17, 15) is 9.59 Å². The molecule has 2 aromatic rings. The zero-order valence-corrected chi connectivity index (χ0v) is 32.8. The minimum absolute atomic E-state index is 0.00507. The third-order valence-electron chi connectivity index (χ3n) is 5.13. The van der Waals surface area contributed by atoms with Crippen LogP contribution in [-0.2, 0) is 25.5 Å². The summed E-state index contributed by atoms with van der Waals surface area (Å²) < 4.78 is 15.8. The summed E-state index contributed by atoms with van der Waals surface area (Å²) >= 11 is 20.7. The van der Waals surface area contributed by atoms with Gasteiger partial charge in [0.05, 0.1) is 13.2 Å². The first-order valence-corrected chi connectivity index (χ1v) is 19.4. The normalized spacial score (nSPS) is 12.7. The van der Waals surface area contributed by atoms with Gasteiger partial charge in [-0.2, -0.15) is 0 Å². The van der Waals surface area contributed by atoms with Gasteiger partial charge in [0.2, 0.25) is 10.2 Å². The summed E-state index contributed by atoms with van der Waals surface area (Å²) in [5.41, 5.74) is 3.29. The maximum Gasteiger partial charge on any atom is 0.214 e. The highest BCUT2D eigenvalue weighted by molar-refractivity contribution is 9.11. The van der Waals surface area contributed by atoms with E-state index in [4.69, 9.17) is 9.47 Å². The predicted molar refractivity (Wildman–Crippen MR) is 194 cm³/mol. The third kappa shape index (κ3) is 13.6. The second-order valence-electron chi connectivity index (χ2n) is 8.90. The van der Waals surface area contributed by atoms with Crippen molar-refractivity contribution in [1.29, 1.82) is 0 Å². The SMILES string of the molecule is C=C(C)C(=O)SCCOC(C)Sc1c(Br)cc(Cc2cc(Br)c(SC(C)OCCSC(=O)C(=C)C)c(Br)c2)cc1Br. The summed E-state index contributed by atoms with van der Waals surface area (Å²) in [6.45, 7) is 15.8. The quantitative estimate of drug-likeness (QED) is 0.0715. The van der Waals surface area contributed by atoms with Gasteiger partial charge in [0, 0.05) is 39.2 Å². The van der Waals surface area contributed by atoms with Gasteiger partial charge in [0.25, 0.3) is 0 Å². The number of thioether (sulfide) groups is 4. The van der Waals surface area contributed by atoms with Crippen LogP contribution in [0.3, 0.4) is 0 Å². The number of rotatable bonds is 16. The van der Waals surface area contributed by atoms with Crippen molar-refractivity contribution >= 4 is 121 Å². The fourth-order valence-corrected chi connectivity index (χ4v) is 9.82. The second-order valence-corrected chi connectivity index (χ2v) is 17.1. The first-order valence-electron chi connectivity index (χ1n) is 12.5. The number of carbonyl (C=O) groups excluding carboxylic acids is 2. The van der Waals surface area contributed by atoms with Gasteiger partial charge in [-0.15, -0.1) is 0 Å². The van der Waals surface area contributed by atoms with Crippen LogP contribution in [0.2, 0.25) is 0 Å². The van der Waals surface area contributed by atoms with E-state index in [0.717, 1.165) is 45.2 Å². The number of carbonyl (C=O) groups is 2. The van der Waals surface area contributed by atoms with Crippen molar-refractivity contribution in [1.82, 2.24) is 0 Å². The zero-order chi connectivity index (χ0) is 30.7. The van der Waals surface area contributed by atoms with Crippen molar-refractivity contribution in [2.75, 3.05) is 24.7 Å². The molecule has 0 N–H and O–H groups in total. The number of ether oxygens (including phenoxy) is 2. The van der Waals surface area contributed by atoms with Crippen LogP contribution in [0.25, 0.3) is 0 Å². The van der Waals surface area contributed by atoms with Crippen molar-refractivity contribution in [3.63, 3.8) is 0 Å². The van der Waals surface area contributed by atoms with Crippen molar-refractivity contribution in [2.24, 2.45) is 0 Å². The predicted octanol–water partition coefficient (Wildman–Crippen LogP) is 10.9. The molecule has 0 heterocycles. The number of hydrogen-bond donors (Lipinski definition) is 0. The lowest BCUT2D eigenvalue weighted by molar-refractivity contribution is -0.108. The molecule has 0 radical (unpaired) electrons. The van der Waals surface area contributed by atoms with Gasteiger partial charge in [-0.25, -0.2) is 0 Å². The Kier molecular flexibility index (Phi) is 17.6. The monoisotopic (exact) mass is 888 g/mol. The molecule has 0 saturated heterocycles. The summed E-state index contributed by atoms with van der Waals surface area (Å²) in [4.78, 5) is 25.5. The van der Waals surface area contributed by atoms with Crippen LogP contribution in [0.5, 0.6) is 0 Å². The molecule has 12 heteroatoms. The third-order valence-corrected chi connectivity index (χ3v) is 12.9. The lowest BCUT2D eigenvalue weighted by Crippen LogP contribution is -2.08. The standard InChI is InChI=1S/C29H32Br4O4S4/c1-16(2)28(34)38-9-7-36-18(5)40-26-22(30)12-20(13-23(26)31)11-21-14-24(32)27(25(33)15-21)41-19(6)37-8-10-39-29(35)17(3)4/h12-15,18-19H,1,3,7-11H2,2,4-6H3. The van der Waals surface area contributed by atoms with E-state index in [0.29, 0.717) is 35.9 Å². The fourth-order valence-electron chi connectivity index (χ4n) is 3.23. The Balaban J connectivity index is 1.95. The summed E-state index contributed by atoms with van der Waals surface area (Å²) in [6.07, 6.45) is 0.754. The van der Waals surface area contributed by atoms with Gasteiger partial charge >= 0.3 is 0 Å². The molecule has 0 aromatic heterocycles. The maximum absolute atomic E-state index is 11.7. The first kappa shape index (κ1) is 37.7. The lowest BCUT2D eigenvalue weighted by atomic mass is 10.1. The van der Waals surface area contributed by atoms with E-state index in [1.165, 1.54) is 23.5 Å². The molecule has 0 amide bonds. The molecule has 41 heavy (non-hydrogen) atoms. The topological polar surface area (TPSA) is 52.6 Å². The highest BCUT2D eigenvalue weighted by atomic mass is 79.9. The van der Waals surface area contributed by atoms with E-state index in [1.807, 2.05) is 13.8 Å². The summed E-state index contributed by atoms with van der Waals surface area (Å²) in [5.74, 6) is 1.20. The molecule has 2 rings (SSSR count). The van der Waals surface area contributed by atoms with Gasteiger partial charge in [0.1, 0.15) is 10.9 Å². The number of halogens is 4. The Hall–Kier alpha value is 0.500. The highest BCUT2D eigenvalue weighted by Crippen LogP contribution is 2.41. The molecule has 0 aliphatic rings. The first-order chi connectivity index (χ1) is 19.3. The molecule has 0 aliphatic heterocycles. The summed E-state index contributed by atoms with van der Waals surface area (Å²) in [7, 11) is 0. The molecule has 0 bridgehead atoms. The molecule has 0 aliphatic carbocycles. The van der Waals surface area contributed by atoms with Crippen LogP contribution in [-0.4, -0.2) is 45.8 Å². The zero-order valence-electron chi connectivity index (χ0n) is 23.2. The Morgan fingerprint density at radius 3 is 1.32 bits per heavy atom. The molecule has 0 saturated carbocycles. The molecule has 2 unspecified atom stereocenters. The lowest BCUT2D eigenvalue weighted by Gasteiger charge is -2.17. The Bertz CT molecular complexity index is 1130. The average molecular weight is 892 g/mol. The molecule has 224 valence electrons. The van der Waals surface area contributed by atoms with E-state index in [1.54, 1.807) is 37.4 Å². The van der Waals surface area contributed by atoms with Crippen molar-refractivity contribution in [3.05, 3.63) is 77.6 Å². The molecular weight excluding hydrogens is 860 g/mol. The smallest absolute Gasteiger partial charge is 0.214 e. The van der Waals surface area contributed by atoms with Crippen LogP contribution >= 0.6 is 111 Å². The van der Waals surface area contributed by atoms with Crippen LogP contribution in [0, 0.1) is 0 Å². The molecule has 0 fully saturated rings. The second kappa shape index (κ2) is 19.1. The van der Waals surface area contributed by atoms with E-state index in [2.05, 4.69) is 101 Å². The minimum Gasteiger partial charge on any atom is -0.367 e. The number of hydrogen-bond acceptors (Lipinski definition) is 8. The minimum atomic E-state index is -0.0742. The highest BCUT2D eigenvalue weighted by Gasteiger charge is 2.16. The Labute approximate surface area is 294 Å². The molecule has 2 aromatic carbocycles. The Morgan fingerprint density at radius 2 is 1.02 bits per heavy atom. The Morgan fingerprint density at radius 1 is 0.707 bits per heavy atom. The van der Waals surface area contributed by atoms with Gasteiger partial charge in [0.15, 0.2) is 0 Å². The molecular formula is C29H32Br4O4S4. The van der Waals surface area contributed by atoms with Crippen molar-refractivity contribution in [2.45, 2.75) is 54.8 Å².